The van der Waals surface area contributed by atoms with Gasteiger partial charge in [-0.3, -0.25) is 14.5 Å². The molecule has 1 atom stereocenters. The van der Waals surface area contributed by atoms with Gasteiger partial charge in [-0.2, -0.15) is 0 Å². The maximum absolute atomic E-state index is 12.7. The highest BCUT2D eigenvalue weighted by Gasteiger charge is 2.29. The highest BCUT2D eigenvalue weighted by atomic mass is 16.5. The minimum atomic E-state index is -0.167. The van der Waals surface area contributed by atoms with Gasteiger partial charge in [-0.15, -0.1) is 0 Å². The number of aryl methyl sites for hydroxylation is 1. The van der Waals surface area contributed by atoms with Crippen LogP contribution in [0.4, 0.5) is 11.4 Å². The van der Waals surface area contributed by atoms with Crippen molar-refractivity contribution in [3.05, 3.63) is 42.2 Å². The van der Waals surface area contributed by atoms with Crippen LogP contribution in [0.5, 0.6) is 5.75 Å². The fourth-order valence-electron chi connectivity index (χ4n) is 3.63. The molecule has 2 amide bonds. The Hall–Kier alpha value is -2.80. The molecule has 0 bridgehead atoms. The van der Waals surface area contributed by atoms with Gasteiger partial charge >= 0.3 is 0 Å². The number of carbonyl (C=O) groups is 2. The molecule has 3 rings (SSSR count). The number of likely N-dealkylation sites (tertiary alicyclic amines) is 1. The standard InChI is InChI=1S/C20H26N4O3/c1-14(25)21-15-8-9-19(27-3)16(12-15)22-20(26)13-24-11-5-7-18(24)17-6-4-10-23(17)2/h4,6,8-10,12,18H,5,7,11,13H2,1-3H3,(H,21,25)(H,22,26)/t18-/m0/s1. The van der Waals surface area contributed by atoms with Crippen LogP contribution in [0.3, 0.4) is 0 Å². The molecule has 2 heterocycles. The molecule has 1 aromatic carbocycles. The van der Waals surface area contributed by atoms with E-state index in [9.17, 15) is 9.59 Å². The Morgan fingerprint density at radius 2 is 2.07 bits per heavy atom. The van der Waals surface area contributed by atoms with Gasteiger partial charge in [-0.1, -0.05) is 0 Å². The van der Waals surface area contributed by atoms with Gasteiger partial charge in [0.15, 0.2) is 0 Å². The normalized spacial score (nSPS) is 16.9. The minimum Gasteiger partial charge on any atom is -0.495 e. The van der Waals surface area contributed by atoms with Crippen molar-refractivity contribution in [1.29, 1.82) is 0 Å². The zero-order valence-electron chi connectivity index (χ0n) is 16.0. The molecule has 1 saturated heterocycles. The van der Waals surface area contributed by atoms with Gasteiger partial charge in [0, 0.05) is 31.5 Å². The molecule has 1 aliphatic rings. The Balaban J connectivity index is 1.70. The minimum absolute atomic E-state index is 0.102. The number of ether oxygens (including phenoxy) is 1. The Morgan fingerprint density at radius 3 is 2.74 bits per heavy atom. The predicted octanol–water partition coefficient (Wildman–Crippen LogP) is 2.77. The van der Waals surface area contributed by atoms with Crippen LogP contribution in [-0.4, -0.2) is 41.5 Å². The quantitative estimate of drug-likeness (QED) is 0.820. The van der Waals surface area contributed by atoms with Crippen LogP contribution in [0.1, 0.15) is 31.5 Å². The van der Waals surface area contributed by atoms with E-state index >= 15 is 0 Å². The molecule has 1 aliphatic heterocycles. The first-order valence-electron chi connectivity index (χ1n) is 9.08. The van der Waals surface area contributed by atoms with Crippen molar-refractivity contribution in [3.63, 3.8) is 0 Å². The van der Waals surface area contributed by atoms with E-state index in [0.717, 1.165) is 19.4 Å². The van der Waals surface area contributed by atoms with Crippen LogP contribution >= 0.6 is 0 Å². The maximum atomic E-state index is 12.7. The summed E-state index contributed by atoms with van der Waals surface area (Å²) >= 11 is 0. The molecular weight excluding hydrogens is 344 g/mol. The summed E-state index contributed by atoms with van der Waals surface area (Å²) in [6.45, 7) is 2.65. The second-order valence-corrected chi connectivity index (χ2v) is 6.82. The van der Waals surface area contributed by atoms with Crippen molar-refractivity contribution in [1.82, 2.24) is 9.47 Å². The number of benzene rings is 1. The Bertz CT molecular complexity index is 830. The van der Waals surface area contributed by atoms with Crippen LogP contribution in [-0.2, 0) is 16.6 Å². The predicted molar refractivity (Wildman–Crippen MR) is 105 cm³/mol. The van der Waals surface area contributed by atoms with Gasteiger partial charge in [0.2, 0.25) is 11.8 Å². The van der Waals surface area contributed by atoms with E-state index in [4.69, 9.17) is 4.74 Å². The Kier molecular flexibility index (Phi) is 5.81. The molecule has 0 saturated carbocycles. The summed E-state index contributed by atoms with van der Waals surface area (Å²) < 4.78 is 7.44. The smallest absolute Gasteiger partial charge is 0.238 e. The zero-order valence-corrected chi connectivity index (χ0v) is 16.0. The summed E-state index contributed by atoms with van der Waals surface area (Å²) in [7, 11) is 3.58. The molecule has 1 aromatic heterocycles. The average Bonchev–Trinajstić information content (AvgIpc) is 3.23. The number of amides is 2. The van der Waals surface area contributed by atoms with Crippen LogP contribution in [0, 0.1) is 0 Å². The van der Waals surface area contributed by atoms with Crippen molar-refractivity contribution < 1.29 is 14.3 Å². The number of carbonyl (C=O) groups excluding carboxylic acids is 2. The van der Waals surface area contributed by atoms with Crippen molar-refractivity contribution >= 4 is 23.2 Å². The van der Waals surface area contributed by atoms with Crippen molar-refractivity contribution in [2.24, 2.45) is 7.05 Å². The number of hydrogen-bond acceptors (Lipinski definition) is 4. The van der Waals surface area contributed by atoms with Gasteiger partial charge in [0.05, 0.1) is 25.4 Å². The lowest BCUT2D eigenvalue weighted by Crippen LogP contribution is -2.33. The van der Waals surface area contributed by atoms with E-state index < -0.39 is 0 Å². The fraction of sp³-hybridized carbons (Fsp3) is 0.400. The van der Waals surface area contributed by atoms with Gasteiger partial charge in [-0.05, 0) is 49.7 Å². The monoisotopic (exact) mass is 370 g/mol. The van der Waals surface area contributed by atoms with Crippen molar-refractivity contribution in [2.45, 2.75) is 25.8 Å². The molecule has 0 unspecified atom stereocenters. The topological polar surface area (TPSA) is 75.6 Å². The third-order valence-electron chi connectivity index (χ3n) is 4.83. The highest BCUT2D eigenvalue weighted by Crippen LogP contribution is 2.32. The molecule has 0 radical (unpaired) electrons. The zero-order chi connectivity index (χ0) is 19.4. The first kappa shape index (κ1) is 19.0. The Morgan fingerprint density at radius 1 is 1.26 bits per heavy atom. The number of hydrogen-bond donors (Lipinski definition) is 2. The highest BCUT2D eigenvalue weighted by molar-refractivity contribution is 5.95. The molecule has 0 aliphatic carbocycles. The number of nitrogens with one attached hydrogen (secondary N) is 2. The van der Waals surface area contributed by atoms with Crippen LogP contribution in [0.15, 0.2) is 36.5 Å². The summed E-state index contributed by atoms with van der Waals surface area (Å²) in [5, 5.41) is 5.63. The van der Waals surface area contributed by atoms with Crippen LogP contribution in [0.2, 0.25) is 0 Å². The fourth-order valence-corrected chi connectivity index (χ4v) is 3.63. The average molecular weight is 370 g/mol. The number of rotatable bonds is 6. The third kappa shape index (κ3) is 4.49. The second kappa shape index (κ2) is 8.26. The SMILES string of the molecule is COc1ccc(NC(C)=O)cc1NC(=O)CN1CCC[C@H]1c1cccn1C. The van der Waals surface area contributed by atoms with E-state index in [-0.39, 0.29) is 17.9 Å². The van der Waals surface area contributed by atoms with Crippen LogP contribution in [0.25, 0.3) is 0 Å². The number of methoxy groups -OCH3 is 1. The number of anilines is 2. The molecule has 2 aromatic rings. The van der Waals surface area contributed by atoms with Crippen molar-refractivity contribution in [3.8, 4) is 5.75 Å². The van der Waals surface area contributed by atoms with Gasteiger partial charge < -0.3 is 19.9 Å². The molecular formula is C20H26N4O3. The lowest BCUT2D eigenvalue weighted by atomic mass is 10.1. The lowest BCUT2D eigenvalue weighted by molar-refractivity contribution is -0.117. The third-order valence-corrected chi connectivity index (χ3v) is 4.83. The maximum Gasteiger partial charge on any atom is 0.238 e. The van der Waals surface area contributed by atoms with E-state index in [1.807, 2.05) is 19.3 Å². The number of aromatic nitrogens is 1. The molecule has 1 fully saturated rings. The van der Waals surface area contributed by atoms with Crippen LogP contribution < -0.4 is 15.4 Å². The van der Waals surface area contributed by atoms with E-state index in [2.05, 4.69) is 26.2 Å². The van der Waals surface area contributed by atoms with E-state index in [1.165, 1.54) is 12.6 Å². The van der Waals surface area contributed by atoms with Gasteiger partial charge in [0.25, 0.3) is 0 Å². The van der Waals surface area contributed by atoms with E-state index in [1.54, 1.807) is 25.3 Å². The largest absolute Gasteiger partial charge is 0.495 e. The second-order valence-electron chi connectivity index (χ2n) is 6.82. The molecule has 27 heavy (non-hydrogen) atoms. The summed E-state index contributed by atoms with van der Waals surface area (Å²) in [5.74, 6) is 0.284. The molecule has 7 nitrogen and oxygen atoms in total. The van der Waals surface area contributed by atoms with Gasteiger partial charge in [0.1, 0.15) is 5.75 Å². The summed E-state index contributed by atoms with van der Waals surface area (Å²) in [6, 6.07) is 9.57. The summed E-state index contributed by atoms with van der Waals surface area (Å²) in [5.41, 5.74) is 2.38. The van der Waals surface area contributed by atoms with E-state index in [0.29, 0.717) is 23.7 Å². The molecule has 7 heteroatoms. The molecule has 144 valence electrons. The molecule has 2 N–H and O–H groups in total. The summed E-state index contributed by atoms with van der Waals surface area (Å²) in [4.78, 5) is 26.1. The van der Waals surface area contributed by atoms with Crippen molar-refractivity contribution in [2.75, 3.05) is 30.8 Å². The lowest BCUT2D eigenvalue weighted by Gasteiger charge is -2.24. The molecule has 0 spiro atoms. The first-order chi connectivity index (χ1) is 13.0. The summed E-state index contributed by atoms with van der Waals surface area (Å²) in [6.07, 6.45) is 4.15. The first-order valence-corrected chi connectivity index (χ1v) is 9.08. The number of nitrogens with zero attached hydrogens (tertiary/aromatic N) is 2. The Labute approximate surface area is 159 Å². The van der Waals surface area contributed by atoms with Gasteiger partial charge in [-0.25, -0.2) is 0 Å².